The molecule has 0 aromatic carbocycles. The SMILES string of the molecule is O=C(c1ncc[nH]1)N1C[C@H]2C[C@@H](n3cc(C4CC4)nn3)[C@H](OCC3CC3)C[C@H]2C1. The molecule has 1 saturated heterocycles. The summed E-state index contributed by atoms with van der Waals surface area (Å²) in [6.45, 7) is 2.45. The fraction of sp³-hybridized carbons (Fsp3) is 0.714. The Balaban J connectivity index is 1.20. The highest BCUT2D eigenvalue weighted by atomic mass is 16.5. The highest BCUT2D eigenvalue weighted by Gasteiger charge is 2.46. The van der Waals surface area contributed by atoms with Crippen LogP contribution in [0.25, 0.3) is 0 Å². The molecule has 29 heavy (non-hydrogen) atoms. The highest BCUT2D eigenvalue weighted by Crippen LogP contribution is 2.44. The van der Waals surface area contributed by atoms with Crippen LogP contribution in [0, 0.1) is 17.8 Å². The average molecular weight is 396 g/mol. The number of hydrogen-bond donors (Lipinski definition) is 1. The standard InChI is InChI=1S/C21H28N6O2/c28-21(20-22-5-6-23-20)26-9-15-7-18(27-11-17(24-25-27)14-3-4-14)19(8-16(15)10-26)29-12-13-1-2-13/h5-6,11,13-16,18-19H,1-4,7-10,12H2,(H,22,23)/t15-,16+,18-,19-/m1/s1. The number of rotatable bonds is 6. The second-order valence-corrected chi connectivity index (χ2v) is 9.42. The number of fused-ring (bicyclic) bond motifs is 1. The third-order valence-electron chi connectivity index (χ3n) is 7.18. The van der Waals surface area contributed by atoms with Crippen molar-refractivity contribution in [2.45, 2.75) is 56.6 Å². The zero-order valence-corrected chi connectivity index (χ0v) is 16.6. The monoisotopic (exact) mass is 396 g/mol. The number of H-pyrrole nitrogens is 1. The summed E-state index contributed by atoms with van der Waals surface area (Å²) in [5, 5.41) is 8.93. The molecule has 0 unspecified atom stereocenters. The van der Waals surface area contributed by atoms with Gasteiger partial charge in [-0.3, -0.25) is 4.79 Å². The second kappa shape index (κ2) is 6.93. The summed E-state index contributed by atoms with van der Waals surface area (Å²) in [4.78, 5) is 21.8. The van der Waals surface area contributed by atoms with Crippen molar-refractivity contribution in [1.29, 1.82) is 0 Å². The second-order valence-electron chi connectivity index (χ2n) is 9.42. The molecule has 0 spiro atoms. The van der Waals surface area contributed by atoms with Gasteiger partial charge < -0.3 is 14.6 Å². The van der Waals surface area contributed by atoms with E-state index >= 15 is 0 Å². The van der Waals surface area contributed by atoms with Crippen molar-refractivity contribution in [1.82, 2.24) is 29.9 Å². The first-order valence-corrected chi connectivity index (χ1v) is 11.1. The predicted octanol–water partition coefficient (Wildman–Crippen LogP) is 2.40. The first-order valence-electron chi connectivity index (χ1n) is 11.1. The number of amides is 1. The molecule has 1 N–H and O–H groups in total. The van der Waals surface area contributed by atoms with E-state index in [1.165, 1.54) is 25.7 Å². The van der Waals surface area contributed by atoms with Gasteiger partial charge in [0.05, 0.1) is 17.8 Å². The number of nitrogens with zero attached hydrogens (tertiary/aromatic N) is 5. The number of ether oxygens (including phenoxy) is 1. The van der Waals surface area contributed by atoms with Crippen molar-refractivity contribution in [2.24, 2.45) is 17.8 Å². The molecule has 0 radical (unpaired) electrons. The minimum absolute atomic E-state index is 0.00757. The van der Waals surface area contributed by atoms with Crippen LogP contribution in [0.1, 0.15) is 66.8 Å². The summed E-state index contributed by atoms with van der Waals surface area (Å²) in [7, 11) is 0. The summed E-state index contributed by atoms with van der Waals surface area (Å²) in [6.07, 6.45) is 12.7. The van der Waals surface area contributed by atoms with Crippen molar-refractivity contribution >= 4 is 5.91 Å². The molecule has 1 aliphatic heterocycles. The third-order valence-corrected chi connectivity index (χ3v) is 7.18. The van der Waals surface area contributed by atoms with Crippen LogP contribution in [0.5, 0.6) is 0 Å². The summed E-state index contributed by atoms with van der Waals surface area (Å²) < 4.78 is 8.49. The van der Waals surface area contributed by atoms with Gasteiger partial charge in [0.25, 0.3) is 5.91 Å². The number of nitrogens with one attached hydrogen (secondary N) is 1. The fourth-order valence-corrected chi connectivity index (χ4v) is 5.11. The quantitative estimate of drug-likeness (QED) is 0.810. The van der Waals surface area contributed by atoms with E-state index in [-0.39, 0.29) is 18.1 Å². The molecule has 3 aliphatic carbocycles. The van der Waals surface area contributed by atoms with E-state index in [0.717, 1.165) is 44.1 Å². The van der Waals surface area contributed by atoms with Crippen LogP contribution in [0.2, 0.25) is 0 Å². The molecule has 3 saturated carbocycles. The van der Waals surface area contributed by atoms with Crippen LogP contribution in [-0.2, 0) is 4.74 Å². The average Bonchev–Trinajstić information content (AvgIpc) is 3.59. The first-order chi connectivity index (χ1) is 14.2. The topological polar surface area (TPSA) is 88.9 Å². The number of carbonyl (C=O) groups is 1. The molecule has 4 fully saturated rings. The Morgan fingerprint density at radius 2 is 2.00 bits per heavy atom. The summed E-state index contributed by atoms with van der Waals surface area (Å²) >= 11 is 0. The van der Waals surface area contributed by atoms with Gasteiger partial charge in [0.15, 0.2) is 5.82 Å². The van der Waals surface area contributed by atoms with Gasteiger partial charge >= 0.3 is 0 Å². The van der Waals surface area contributed by atoms with Gasteiger partial charge in [-0.15, -0.1) is 5.10 Å². The van der Waals surface area contributed by atoms with Crippen LogP contribution in [-0.4, -0.2) is 61.6 Å². The molecule has 4 atom stereocenters. The van der Waals surface area contributed by atoms with E-state index in [9.17, 15) is 4.79 Å². The molecule has 3 heterocycles. The normalized spacial score (nSPS) is 31.8. The minimum Gasteiger partial charge on any atom is -0.376 e. The maximum Gasteiger partial charge on any atom is 0.289 e. The van der Waals surface area contributed by atoms with Crippen molar-refractivity contribution in [3.8, 4) is 0 Å². The van der Waals surface area contributed by atoms with Gasteiger partial charge in [-0.1, -0.05) is 5.21 Å². The maximum atomic E-state index is 12.8. The molecule has 8 heteroatoms. The van der Waals surface area contributed by atoms with Gasteiger partial charge in [0, 0.05) is 44.2 Å². The number of carbonyl (C=O) groups excluding carboxylic acids is 1. The maximum absolute atomic E-state index is 12.8. The lowest BCUT2D eigenvalue weighted by atomic mass is 9.77. The third kappa shape index (κ3) is 3.47. The smallest absolute Gasteiger partial charge is 0.289 e. The number of likely N-dealkylation sites (tertiary alicyclic amines) is 1. The van der Waals surface area contributed by atoms with Crippen molar-refractivity contribution in [3.05, 3.63) is 30.1 Å². The Labute approximate surface area is 170 Å². The van der Waals surface area contributed by atoms with Crippen molar-refractivity contribution in [2.75, 3.05) is 19.7 Å². The van der Waals surface area contributed by atoms with Crippen LogP contribution in [0.3, 0.4) is 0 Å². The van der Waals surface area contributed by atoms with Crippen LogP contribution in [0.4, 0.5) is 0 Å². The Kier molecular flexibility index (Phi) is 4.21. The fourth-order valence-electron chi connectivity index (χ4n) is 5.11. The van der Waals surface area contributed by atoms with Crippen molar-refractivity contribution < 1.29 is 9.53 Å². The Hall–Kier alpha value is -2.22. The van der Waals surface area contributed by atoms with E-state index in [2.05, 4.69) is 31.2 Å². The van der Waals surface area contributed by atoms with Gasteiger partial charge in [-0.2, -0.15) is 0 Å². The Morgan fingerprint density at radius 1 is 1.17 bits per heavy atom. The lowest BCUT2D eigenvalue weighted by Gasteiger charge is -2.37. The number of imidazole rings is 1. The van der Waals surface area contributed by atoms with E-state index in [4.69, 9.17) is 4.74 Å². The van der Waals surface area contributed by atoms with Gasteiger partial charge in [-0.25, -0.2) is 9.67 Å². The van der Waals surface area contributed by atoms with E-state index in [0.29, 0.717) is 23.6 Å². The van der Waals surface area contributed by atoms with E-state index in [1.54, 1.807) is 12.4 Å². The zero-order valence-electron chi connectivity index (χ0n) is 16.6. The van der Waals surface area contributed by atoms with E-state index in [1.807, 2.05) is 4.90 Å². The molecule has 4 aliphatic rings. The lowest BCUT2D eigenvalue weighted by molar-refractivity contribution is -0.0375. The number of aromatic nitrogens is 5. The summed E-state index contributed by atoms with van der Waals surface area (Å²) in [5.74, 6) is 2.76. The van der Waals surface area contributed by atoms with Crippen LogP contribution in [0.15, 0.2) is 18.6 Å². The van der Waals surface area contributed by atoms with Gasteiger partial charge in [-0.05, 0) is 56.3 Å². The van der Waals surface area contributed by atoms with Crippen LogP contribution >= 0.6 is 0 Å². The number of aromatic amines is 1. The molecular weight excluding hydrogens is 368 g/mol. The van der Waals surface area contributed by atoms with Gasteiger partial charge in [0.1, 0.15) is 0 Å². The van der Waals surface area contributed by atoms with Gasteiger partial charge in [0.2, 0.25) is 0 Å². The lowest BCUT2D eigenvalue weighted by Crippen LogP contribution is -2.38. The number of hydrogen-bond acceptors (Lipinski definition) is 5. The Bertz CT molecular complexity index is 872. The molecule has 154 valence electrons. The molecule has 6 rings (SSSR count). The minimum atomic E-state index is 0.00757. The molecule has 2 aromatic heterocycles. The Morgan fingerprint density at radius 3 is 2.72 bits per heavy atom. The molecule has 1 amide bonds. The molecule has 2 aromatic rings. The van der Waals surface area contributed by atoms with Crippen molar-refractivity contribution in [3.63, 3.8) is 0 Å². The molecule has 8 nitrogen and oxygen atoms in total. The summed E-state index contributed by atoms with van der Waals surface area (Å²) in [6, 6.07) is 0.216. The molecular formula is C21H28N6O2. The largest absolute Gasteiger partial charge is 0.376 e. The molecule has 0 bridgehead atoms. The summed E-state index contributed by atoms with van der Waals surface area (Å²) in [5.41, 5.74) is 1.13. The zero-order chi connectivity index (χ0) is 19.4. The highest BCUT2D eigenvalue weighted by molar-refractivity contribution is 5.90. The van der Waals surface area contributed by atoms with E-state index < -0.39 is 0 Å². The first kappa shape index (κ1) is 17.6. The van der Waals surface area contributed by atoms with Crippen LogP contribution < -0.4 is 0 Å². The predicted molar refractivity (Wildman–Crippen MR) is 104 cm³/mol.